The van der Waals surface area contributed by atoms with Gasteiger partial charge in [0.1, 0.15) is 4.60 Å². The molecule has 0 N–H and O–H groups in total. The predicted octanol–water partition coefficient (Wildman–Crippen LogP) is 4.58. The molecule has 0 unspecified atom stereocenters. The van der Waals surface area contributed by atoms with E-state index in [0.29, 0.717) is 5.56 Å². The maximum atomic E-state index is 12.1. The summed E-state index contributed by atoms with van der Waals surface area (Å²) in [5, 5.41) is 0.911. The summed E-state index contributed by atoms with van der Waals surface area (Å²) < 4.78 is 7.75. The van der Waals surface area contributed by atoms with E-state index in [4.69, 9.17) is 4.74 Å². The zero-order valence-corrected chi connectivity index (χ0v) is 15.4. The fourth-order valence-electron chi connectivity index (χ4n) is 2.49. The van der Waals surface area contributed by atoms with Crippen LogP contribution >= 0.6 is 27.7 Å². The molecule has 0 spiro atoms. The minimum Gasteiger partial charge on any atom is -0.465 e. The summed E-state index contributed by atoms with van der Waals surface area (Å²) in [4.78, 5) is 18.5. The first-order valence-corrected chi connectivity index (χ1v) is 8.58. The quantitative estimate of drug-likeness (QED) is 0.484. The van der Waals surface area contributed by atoms with Crippen LogP contribution in [0.2, 0.25) is 0 Å². The van der Waals surface area contributed by atoms with Gasteiger partial charge in [-0.1, -0.05) is 17.8 Å². The zero-order valence-electron chi connectivity index (χ0n) is 13.0. The van der Waals surface area contributed by atoms with E-state index in [1.165, 1.54) is 7.11 Å². The smallest absolute Gasteiger partial charge is 0.338 e. The van der Waals surface area contributed by atoms with Crippen molar-refractivity contribution >= 4 is 44.6 Å². The molecule has 4 nitrogen and oxygen atoms in total. The average molecular weight is 391 g/mol. The van der Waals surface area contributed by atoms with E-state index in [9.17, 15) is 4.79 Å². The Morgan fingerprint density at radius 3 is 2.83 bits per heavy atom. The molecule has 1 aromatic carbocycles. The first kappa shape index (κ1) is 16.1. The van der Waals surface area contributed by atoms with Crippen molar-refractivity contribution < 1.29 is 9.53 Å². The number of aryl methyl sites for hydroxylation is 2. The minimum absolute atomic E-state index is 0.325. The molecule has 3 aromatic rings. The molecular formula is C17H15BrN2O2S. The van der Waals surface area contributed by atoms with Gasteiger partial charge in [0.05, 0.1) is 12.7 Å². The highest BCUT2D eigenvalue weighted by atomic mass is 79.9. The molecule has 2 heterocycles. The van der Waals surface area contributed by atoms with E-state index in [1.54, 1.807) is 17.8 Å². The molecule has 0 saturated heterocycles. The van der Waals surface area contributed by atoms with Gasteiger partial charge in [-0.25, -0.2) is 9.78 Å². The molecule has 0 aliphatic rings. The largest absolute Gasteiger partial charge is 0.465 e. The second kappa shape index (κ2) is 6.37. The lowest BCUT2D eigenvalue weighted by Gasteiger charge is -2.06. The molecule has 3 rings (SSSR count). The van der Waals surface area contributed by atoms with Crippen LogP contribution in [0.5, 0.6) is 0 Å². The number of esters is 1. The van der Waals surface area contributed by atoms with E-state index in [2.05, 4.69) is 20.9 Å². The van der Waals surface area contributed by atoms with E-state index >= 15 is 0 Å². The first-order chi connectivity index (χ1) is 11.0. The van der Waals surface area contributed by atoms with E-state index in [0.717, 1.165) is 30.9 Å². The molecule has 0 amide bonds. The van der Waals surface area contributed by atoms with Crippen molar-refractivity contribution in [3.63, 3.8) is 0 Å². The van der Waals surface area contributed by atoms with E-state index < -0.39 is 0 Å². The number of nitrogens with zero attached hydrogens (tertiary/aromatic N) is 2. The fourth-order valence-corrected chi connectivity index (χ4v) is 4.03. The third kappa shape index (κ3) is 3.01. The number of carbonyl (C=O) groups is 1. The Morgan fingerprint density at radius 2 is 2.13 bits per heavy atom. The topological polar surface area (TPSA) is 44.1 Å². The van der Waals surface area contributed by atoms with Crippen molar-refractivity contribution in [1.82, 2.24) is 9.55 Å². The molecule has 118 valence electrons. The molecule has 23 heavy (non-hydrogen) atoms. The number of aromatic nitrogens is 2. The van der Waals surface area contributed by atoms with Crippen LogP contribution in [0.15, 0.2) is 51.1 Å². The van der Waals surface area contributed by atoms with Gasteiger partial charge in [0.25, 0.3) is 0 Å². The molecule has 6 heteroatoms. The van der Waals surface area contributed by atoms with Crippen molar-refractivity contribution in [2.75, 3.05) is 7.11 Å². The van der Waals surface area contributed by atoms with Crippen LogP contribution in [-0.4, -0.2) is 22.6 Å². The maximum Gasteiger partial charge on any atom is 0.338 e. The maximum absolute atomic E-state index is 12.1. The van der Waals surface area contributed by atoms with Gasteiger partial charge in [-0.05, 0) is 46.6 Å². The summed E-state index contributed by atoms with van der Waals surface area (Å²) in [5.41, 5.74) is 2.71. The Kier molecular flexibility index (Phi) is 4.46. The number of halogens is 1. The number of hydrogen-bond donors (Lipinski definition) is 0. The Labute approximate surface area is 147 Å². The van der Waals surface area contributed by atoms with Gasteiger partial charge >= 0.3 is 5.97 Å². The summed E-state index contributed by atoms with van der Waals surface area (Å²) in [7, 11) is 3.37. The number of benzene rings is 1. The third-order valence-corrected chi connectivity index (χ3v) is 5.24. The second-order valence-corrected chi connectivity index (χ2v) is 7.07. The molecule has 0 fully saturated rings. The summed E-state index contributed by atoms with van der Waals surface area (Å²) >= 11 is 4.98. The highest BCUT2D eigenvalue weighted by Gasteiger charge is 2.17. The lowest BCUT2D eigenvalue weighted by atomic mass is 10.1. The molecular weight excluding hydrogens is 376 g/mol. The third-order valence-electron chi connectivity index (χ3n) is 3.63. The standard InChI is InChI=1S/C17H15BrN2O2S/c1-10-7-15(18)19-8-13(10)23-14-9-20(2)12-6-4-5-11(16(12)14)17(21)22-3/h4-9H,1-3H3. The van der Waals surface area contributed by atoms with Gasteiger partial charge in [-0.15, -0.1) is 0 Å². The lowest BCUT2D eigenvalue weighted by molar-refractivity contribution is 0.0603. The molecule has 0 radical (unpaired) electrons. The normalized spacial score (nSPS) is 11.0. The number of pyridine rings is 1. The number of ether oxygens (including phenoxy) is 1. The predicted molar refractivity (Wildman–Crippen MR) is 95.1 cm³/mol. The number of fused-ring (bicyclic) bond motifs is 1. The van der Waals surface area contributed by atoms with Crippen molar-refractivity contribution in [3.8, 4) is 0 Å². The van der Waals surface area contributed by atoms with Gasteiger partial charge in [0, 0.05) is 40.1 Å². The molecule has 0 aliphatic carbocycles. The first-order valence-electron chi connectivity index (χ1n) is 6.97. The van der Waals surface area contributed by atoms with E-state index in [1.807, 2.05) is 49.1 Å². The Bertz CT molecular complexity index is 905. The summed E-state index contributed by atoms with van der Waals surface area (Å²) in [6.45, 7) is 2.04. The Balaban J connectivity index is 2.15. The highest BCUT2D eigenvalue weighted by molar-refractivity contribution is 9.10. The molecule has 0 saturated carbocycles. The van der Waals surface area contributed by atoms with Crippen molar-refractivity contribution in [3.05, 3.63) is 52.4 Å². The number of carbonyl (C=O) groups excluding carboxylic acids is 1. The van der Waals surface area contributed by atoms with Gasteiger partial charge in [0.2, 0.25) is 0 Å². The van der Waals surface area contributed by atoms with Crippen LogP contribution in [0.3, 0.4) is 0 Å². The van der Waals surface area contributed by atoms with Crippen LogP contribution in [0.4, 0.5) is 0 Å². The average Bonchev–Trinajstić information content (AvgIpc) is 2.86. The zero-order chi connectivity index (χ0) is 16.6. The van der Waals surface area contributed by atoms with Crippen molar-refractivity contribution in [1.29, 1.82) is 0 Å². The number of methoxy groups -OCH3 is 1. The SMILES string of the molecule is COC(=O)c1cccc2c1c(Sc1cnc(Br)cc1C)cn2C. The Morgan fingerprint density at radius 1 is 1.35 bits per heavy atom. The van der Waals surface area contributed by atoms with Gasteiger partial charge in [-0.3, -0.25) is 0 Å². The van der Waals surface area contributed by atoms with Crippen molar-refractivity contribution in [2.45, 2.75) is 16.7 Å². The van der Waals surface area contributed by atoms with Gasteiger partial charge < -0.3 is 9.30 Å². The monoisotopic (exact) mass is 390 g/mol. The summed E-state index contributed by atoms with van der Waals surface area (Å²) in [6, 6.07) is 7.65. The van der Waals surface area contributed by atoms with Crippen LogP contribution in [0.1, 0.15) is 15.9 Å². The molecule has 0 atom stereocenters. The number of hydrogen-bond acceptors (Lipinski definition) is 4. The van der Waals surface area contributed by atoms with Crippen LogP contribution in [-0.2, 0) is 11.8 Å². The summed E-state index contributed by atoms with van der Waals surface area (Å²) in [6.07, 6.45) is 3.87. The highest BCUT2D eigenvalue weighted by Crippen LogP contribution is 2.38. The Hall–Kier alpha value is -1.79. The van der Waals surface area contributed by atoms with Crippen LogP contribution in [0.25, 0.3) is 10.9 Å². The number of rotatable bonds is 3. The second-order valence-electron chi connectivity index (χ2n) is 5.17. The fraction of sp³-hybridized carbons (Fsp3) is 0.176. The van der Waals surface area contributed by atoms with E-state index in [-0.39, 0.29) is 5.97 Å². The molecule has 2 aromatic heterocycles. The summed E-state index contributed by atoms with van der Waals surface area (Å²) in [5.74, 6) is -0.325. The van der Waals surface area contributed by atoms with Crippen molar-refractivity contribution in [2.24, 2.45) is 7.05 Å². The van der Waals surface area contributed by atoms with Crippen LogP contribution < -0.4 is 0 Å². The van der Waals surface area contributed by atoms with Crippen LogP contribution in [0, 0.1) is 6.92 Å². The van der Waals surface area contributed by atoms with Gasteiger partial charge in [0.15, 0.2) is 0 Å². The van der Waals surface area contributed by atoms with Gasteiger partial charge in [-0.2, -0.15) is 0 Å². The molecule has 0 aliphatic heterocycles. The molecule has 0 bridgehead atoms. The lowest BCUT2D eigenvalue weighted by Crippen LogP contribution is -2.01. The minimum atomic E-state index is -0.325.